The molecule has 0 aliphatic heterocycles. The molecule has 3 N–H and O–H groups in total. The minimum atomic E-state index is -0.628. The average Bonchev–Trinajstić information content (AvgIpc) is 2.15. The van der Waals surface area contributed by atoms with Crippen molar-refractivity contribution in [3.05, 3.63) is 17.5 Å². The van der Waals surface area contributed by atoms with Gasteiger partial charge in [0.05, 0.1) is 5.41 Å². The van der Waals surface area contributed by atoms with E-state index in [-0.39, 0.29) is 11.2 Å². The molecular weight excluding hydrogens is 216 g/mol. The highest BCUT2D eigenvalue weighted by Gasteiger charge is 2.24. The first-order valence-electron chi connectivity index (χ1n) is 4.44. The smallest absolute Gasteiger partial charge is 0.224 e. The topological polar surface area (TPSA) is 80.9 Å². The van der Waals surface area contributed by atoms with Gasteiger partial charge in [-0.3, -0.25) is 4.79 Å². The summed E-state index contributed by atoms with van der Waals surface area (Å²) in [4.78, 5) is 18.7. The number of hydrogen-bond donors (Lipinski definition) is 2. The number of rotatable bonds is 4. The lowest BCUT2D eigenvalue weighted by atomic mass is 9.93. The van der Waals surface area contributed by atoms with Gasteiger partial charge in [0.15, 0.2) is 0 Å². The molecule has 1 rings (SSSR count). The predicted octanol–water partition coefficient (Wildman–Crippen LogP) is 1.05. The van der Waals surface area contributed by atoms with Crippen LogP contribution in [-0.2, 0) is 4.79 Å². The fourth-order valence-corrected chi connectivity index (χ4v) is 0.979. The third kappa shape index (κ3) is 3.36. The maximum Gasteiger partial charge on any atom is 0.224 e. The molecule has 0 aliphatic rings. The van der Waals surface area contributed by atoms with Crippen molar-refractivity contribution in [3.63, 3.8) is 0 Å². The Kier molecular flexibility index (Phi) is 3.47. The maximum absolute atomic E-state index is 11.0. The largest absolute Gasteiger partial charge is 0.369 e. The van der Waals surface area contributed by atoms with E-state index in [2.05, 4.69) is 15.3 Å². The zero-order chi connectivity index (χ0) is 11.5. The second-order valence-electron chi connectivity index (χ2n) is 3.81. The molecule has 15 heavy (non-hydrogen) atoms. The molecule has 1 amide bonds. The number of anilines is 1. The van der Waals surface area contributed by atoms with Crippen LogP contribution in [0.25, 0.3) is 0 Å². The Hall–Kier alpha value is -1.36. The number of nitrogens with zero attached hydrogens (tertiary/aromatic N) is 2. The van der Waals surface area contributed by atoms with Crippen molar-refractivity contribution in [1.29, 1.82) is 0 Å². The highest BCUT2D eigenvalue weighted by atomic mass is 35.5. The minimum absolute atomic E-state index is 0.164. The van der Waals surface area contributed by atoms with Crippen molar-refractivity contribution in [1.82, 2.24) is 9.97 Å². The second kappa shape index (κ2) is 4.44. The van der Waals surface area contributed by atoms with E-state index in [1.807, 2.05) is 0 Å². The zero-order valence-electron chi connectivity index (χ0n) is 8.62. The molecule has 5 nitrogen and oxygen atoms in total. The van der Waals surface area contributed by atoms with Gasteiger partial charge in [-0.05, 0) is 31.5 Å². The van der Waals surface area contributed by atoms with Gasteiger partial charge in [0.2, 0.25) is 11.2 Å². The highest BCUT2D eigenvalue weighted by molar-refractivity contribution is 6.28. The molecule has 0 saturated heterocycles. The Balaban J connectivity index is 2.61. The van der Waals surface area contributed by atoms with E-state index in [1.54, 1.807) is 19.9 Å². The fourth-order valence-electron chi connectivity index (χ4n) is 0.832. The molecule has 1 aromatic heterocycles. The van der Waals surface area contributed by atoms with E-state index in [1.165, 1.54) is 6.20 Å². The van der Waals surface area contributed by atoms with Gasteiger partial charge in [-0.2, -0.15) is 0 Å². The summed E-state index contributed by atoms with van der Waals surface area (Å²) < 4.78 is 0. The Bertz CT molecular complexity index is 367. The number of hydrogen-bond acceptors (Lipinski definition) is 4. The van der Waals surface area contributed by atoms with Crippen LogP contribution in [0, 0.1) is 5.41 Å². The van der Waals surface area contributed by atoms with E-state index in [0.717, 1.165) is 0 Å². The monoisotopic (exact) mass is 228 g/mol. The number of halogens is 1. The number of nitrogens with two attached hydrogens (primary N) is 1. The first-order chi connectivity index (χ1) is 6.92. The first kappa shape index (κ1) is 11.7. The lowest BCUT2D eigenvalue weighted by molar-refractivity contribution is -0.125. The predicted molar refractivity (Wildman–Crippen MR) is 58.5 cm³/mol. The first-order valence-corrected chi connectivity index (χ1v) is 4.82. The Morgan fingerprint density at radius 1 is 1.67 bits per heavy atom. The van der Waals surface area contributed by atoms with Gasteiger partial charge in [0.25, 0.3) is 0 Å². The van der Waals surface area contributed by atoms with Gasteiger partial charge in [0.1, 0.15) is 5.82 Å². The Morgan fingerprint density at radius 2 is 2.33 bits per heavy atom. The maximum atomic E-state index is 11.0. The third-order valence-electron chi connectivity index (χ3n) is 2.00. The Morgan fingerprint density at radius 3 is 2.87 bits per heavy atom. The summed E-state index contributed by atoms with van der Waals surface area (Å²) >= 11 is 5.60. The van der Waals surface area contributed by atoms with E-state index in [9.17, 15) is 4.79 Å². The van der Waals surface area contributed by atoms with Crippen LogP contribution in [0.1, 0.15) is 13.8 Å². The molecular formula is C9H13ClN4O. The van der Waals surface area contributed by atoms with E-state index in [0.29, 0.717) is 12.4 Å². The van der Waals surface area contributed by atoms with Crippen molar-refractivity contribution < 1.29 is 4.79 Å². The molecule has 0 spiro atoms. The summed E-state index contributed by atoms with van der Waals surface area (Å²) in [7, 11) is 0. The number of carbonyl (C=O) groups excluding carboxylic acids is 1. The number of aromatic nitrogens is 2. The van der Waals surface area contributed by atoms with Crippen LogP contribution in [0.5, 0.6) is 0 Å². The Labute approximate surface area is 93.0 Å². The van der Waals surface area contributed by atoms with Crippen LogP contribution in [0.2, 0.25) is 5.28 Å². The number of amides is 1. The van der Waals surface area contributed by atoms with E-state index in [4.69, 9.17) is 17.3 Å². The van der Waals surface area contributed by atoms with Crippen LogP contribution < -0.4 is 11.1 Å². The second-order valence-corrected chi connectivity index (χ2v) is 4.15. The molecule has 0 bridgehead atoms. The van der Waals surface area contributed by atoms with Crippen LogP contribution >= 0.6 is 11.6 Å². The van der Waals surface area contributed by atoms with Crippen molar-refractivity contribution in [2.45, 2.75) is 13.8 Å². The molecule has 82 valence electrons. The normalized spacial score (nSPS) is 11.1. The van der Waals surface area contributed by atoms with Crippen LogP contribution in [0.4, 0.5) is 5.82 Å². The SMILES string of the molecule is CC(C)(CNc1ccnc(Cl)n1)C(N)=O. The molecule has 0 fully saturated rings. The van der Waals surface area contributed by atoms with Crippen molar-refractivity contribution >= 4 is 23.3 Å². The standard InChI is InChI=1S/C9H13ClN4O/c1-9(2,7(11)15)5-13-6-3-4-12-8(10)14-6/h3-4H,5H2,1-2H3,(H2,11,15)(H,12,13,14). The number of carbonyl (C=O) groups is 1. The van der Waals surface area contributed by atoms with Gasteiger partial charge in [-0.25, -0.2) is 9.97 Å². The van der Waals surface area contributed by atoms with Gasteiger partial charge < -0.3 is 11.1 Å². The lowest BCUT2D eigenvalue weighted by Gasteiger charge is -2.20. The van der Waals surface area contributed by atoms with Gasteiger partial charge >= 0.3 is 0 Å². The van der Waals surface area contributed by atoms with Gasteiger partial charge in [-0.1, -0.05) is 0 Å². The molecule has 0 radical (unpaired) electrons. The minimum Gasteiger partial charge on any atom is -0.369 e. The summed E-state index contributed by atoms with van der Waals surface area (Å²) in [6.07, 6.45) is 1.54. The van der Waals surface area contributed by atoms with Crippen molar-refractivity contribution in [3.8, 4) is 0 Å². The van der Waals surface area contributed by atoms with E-state index >= 15 is 0 Å². The molecule has 0 aromatic carbocycles. The molecule has 1 aromatic rings. The highest BCUT2D eigenvalue weighted by Crippen LogP contribution is 2.15. The van der Waals surface area contributed by atoms with E-state index < -0.39 is 5.41 Å². The van der Waals surface area contributed by atoms with Crippen molar-refractivity contribution in [2.75, 3.05) is 11.9 Å². The molecule has 0 aliphatic carbocycles. The summed E-state index contributed by atoms with van der Waals surface area (Å²) in [6, 6.07) is 1.67. The third-order valence-corrected chi connectivity index (χ3v) is 2.19. The van der Waals surface area contributed by atoms with Gasteiger partial charge in [0, 0.05) is 12.7 Å². The quantitative estimate of drug-likeness (QED) is 0.755. The summed E-state index contributed by atoms with van der Waals surface area (Å²) in [5.41, 5.74) is 4.60. The number of nitrogens with one attached hydrogen (secondary N) is 1. The van der Waals surface area contributed by atoms with Crippen LogP contribution in [0.15, 0.2) is 12.3 Å². The molecule has 0 atom stereocenters. The molecule has 0 saturated carbocycles. The summed E-state index contributed by atoms with van der Waals surface area (Å²) in [5, 5.41) is 3.13. The van der Waals surface area contributed by atoms with Gasteiger partial charge in [-0.15, -0.1) is 0 Å². The van der Waals surface area contributed by atoms with Crippen molar-refractivity contribution in [2.24, 2.45) is 11.1 Å². The number of primary amides is 1. The summed E-state index contributed by atoms with van der Waals surface area (Å²) in [6.45, 7) is 3.91. The fraction of sp³-hybridized carbons (Fsp3) is 0.444. The summed E-state index contributed by atoms with van der Waals surface area (Å²) in [5.74, 6) is 0.208. The van der Waals surface area contributed by atoms with Crippen LogP contribution in [0.3, 0.4) is 0 Å². The average molecular weight is 229 g/mol. The van der Waals surface area contributed by atoms with Crippen LogP contribution in [-0.4, -0.2) is 22.4 Å². The zero-order valence-corrected chi connectivity index (χ0v) is 9.38. The molecule has 6 heteroatoms. The molecule has 0 unspecified atom stereocenters. The lowest BCUT2D eigenvalue weighted by Crippen LogP contribution is -2.37. The molecule has 1 heterocycles.